The van der Waals surface area contributed by atoms with Crippen molar-refractivity contribution in [1.29, 1.82) is 0 Å². The highest BCUT2D eigenvalue weighted by molar-refractivity contribution is 6.15. The van der Waals surface area contributed by atoms with Gasteiger partial charge in [-0.25, -0.2) is 0 Å². The van der Waals surface area contributed by atoms with Crippen molar-refractivity contribution in [3.63, 3.8) is 0 Å². The molecule has 0 radical (unpaired) electrons. The molecule has 6 nitrogen and oxygen atoms in total. The van der Waals surface area contributed by atoms with E-state index in [4.69, 9.17) is 0 Å². The van der Waals surface area contributed by atoms with Gasteiger partial charge in [-0.1, -0.05) is 36.4 Å². The molecule has 1 aliphatic rings. The van der Waals surface area contributed by atoms with Crippen LogP contribution in [-0.2, 0) is 12.8 Å². The van der Waals surface area contributed by atoms with E-state index in [-0.39, 0.29) is 0 Å². The fourth-order valence-electron chi connectivity index (χ4n) is 8.41. The molecule has 10 aromatic rings. The summed E-state index contributed by atoms with van der Waals surface area (Å²) in [7, 11) is 0. The Kier molecular flexibility index (Phi) is 6.28. The highest BCUT2D eigenvalue weighted by atomic mass is 15.0. The maximum atomic E-state index is 4.66. The minimum absolute atomic E-state index is 0.940. The predicted molar refractivity (Wildman–Crippen MR) is 210 cm³/mol. The molecule has 0 atom stereocenters. The molecule has 11 rings (SSSR count). The van der Waals surface area contributed by atoms with Crippen LogP contribution in [0, 0.1) is 0 Å². The number of hydrogen-bond acceptors (Lipinski definition) is 4. The van der Waals surface area contributed by atoms with Crippen LogP contribution < -0.4 is 0 Å². The highest BCUT2D eigenvalue weighted by Crippen LogP contribution is 2.45. The Labute approximate surface area is 299 Å². The molecule has 6 heteroatoms. The van der Waals surface area contributed by atoms with Gasteiger partial charge in [0.2, 0.25) is 0 Å². The topological polar surface area (TPSA) is 61.4 Å². The molecule has 1 aliphatic carbocycles. The zero-order valence-corrected chi connectivity index (χ0v) is 28.1. The van der Waals surface area contributed by atoms with Crippen molar-refractivity contribution >= 4 is 43.6 Å². The van der Waals surface area contributed by atoms with Gasteiger partial charge >= 0.3 is 0 Å². The Bertz CT molecular complexity index is 2930. The Hall–Kier alpha value is -6.92. The summed E-state index contributed by atoms with van der Waals surface area (Å²) in [4.78, 5) is 18.4. The number of benzene rings is 4. The van der Waals surface area contributed by atoms with Crippen LogP contribution >= 0.6 is 0 Å². The van der Waals surface area contributed by atoms with Crippen LogP contribution in [0.15, 0.2) is 159 Å². The van der Waals surface area contributed by atoms with E-state index in [1.54, 1.807) is 0 Å². The van der Waals surface area contributed by atoms with Crippen molar-refractivity contribution in [3.05, 3.63) is 170 Å². The SMILES string of the molecule is c1ccc(-c2ccc3c(c2)c2cc4c(cc2n3-c2cccnc2)-c2ccc3c5cc(-c6ccccn6)ccc5n(-c5cccnc5)c3c2CC4)nc1. The second kappa shape index (κ2) is 11.3. The van der Waals surface area contributed by atoms with Gasteiger partial charge in [-0.15, -0.1) is 0 Å². The maximum absolute atomic E-state index is 4.66. The first kappa shape index (κ1) is 28.9. The summed E-state index contributed by atoms with van der Waals surface area (Å²) in [5.74, 6) is 0. The molecule has 6 heterocycles. The Morgan fingerprint density at radius 2 is 1.08 bits per heavy atom. The van der Waals surface area contributed by atoms with Gasteiger partial charge in [-0.3, -0.25) is 19.9 Å². The van der Waals surface area contributed by atoms with Gasteiger partial charge in [-0.05, 0) is 120 Å². The summed E-state index contributed by atoms with van der Waals surface area (Å²) in [6.45, 7) is 0. The highest BCUT2D eigenvalue weighted by Gasteiger charge is 2.25. The quantitative estimate of drug-likeness (QED) is 0.188. The molecule has 0 saturated heterocycles. The largest absolute Gasteiger partial charge is 0.308 e. The number of hydrogen-bond donors (Lipinski definition) is 0. The van der Waals surface area contributed by atoms with E-state index < -0.39 is 0 Å². The summed E-state index contributed by atoms with van der Waals surface area (Å²) < 4.78 is 4.77. The lowest BCUT2D eigenvalue weighted by atomic mass is 9.83. The lowest BCUT2D eigenvalue weighted by molar-refractivity contribution is 0.944. The first-order chi connectivity index (χ1) is 25.8. The smallest absolute Gasteiger partial charge is 0.0702 e. The first-order valence-electron chi connectivity index (χ1n) is 17.7. The van der Waals surface area contributed by atoms with Gasteiger partial charge in [0.15, 0.2) is 0 Å². The van der Waals surface area contributed by atoms with Crippen molar-refractivity contribution in [3.8, 4) is 45.0 Å². The minimum Gasteiger partial charge on any atom is -0.308 e. The molecule has 6 aromatic heterocycles. The summed E-state index contributed by atoms with van der Waals surface area (Å²) >= 11 is 0. The van der Waals surface area contributed by atoms with Crippen LogP contribution in [0.4, 0.5) is 0 Å². The van der Waals surface area contributed by atoms with Crippen molar-refractivity contribution in [2.75, 3.05) is 0 Å². The Morgan fingerprint density at radius 1 is 0.442 bits per heavy atom. The number of pyridine rings is 4. The number of aromatic nitrogens is 6. The Morgan fingerprint density at radius 3 is 1.71 bits per heavy atom. The van der Waals surface area contributed by atoms with Crippen LogP contribution in [0.3, 0.4) is 0 Å². The van der Waals surface area contributed by atoms with Crippen LogP contribution in [0.5, 0.6) is 0 Å². The zero-order chi connectivity index (χ0) is 34.2. The fraction of sp³-hybridized carbons (Fsp3) is 0.0435. The van der Waals surface area contributed by atoms with E-state index in [1.165, 1.54) is 54.8 Å². The van der Waals surface area contributed by atoms with E-state index in [2.05, 4.69) is 114 Å². The molecule has 0 unspecified atom stereocenters. The standard InChI is InChI=1S/C46H30N6/c1-3-21-49-41(9-1)30-13-18-44-38(24-30)36-16-15-34-35(46(36)52(44)33-8-6-20-48-28-33)14-11-29-23-40-39-25-31(42-10-2-4-22-50-42)12-17-43(39)51(45(40)26-37(29)34)32-7-5-19-47-27-32/h1-10,12-13,15-28H,11,14H2. The molecule has 52 heavy (non-hydrogen) atoms. The van der Waals surface area contributed by atoms with Crippen molar-refractivity contribution in [2.24, 2.45) is 0 Å². The van der Waals surface area contributed by atoms with Crippen LogP contribution in [0.2, 0.25) is 0 Å². The lowest BCUT2D eigenvalue weighted by Gasteiger charge is -2.23. The number of fused-ring (bicyclic) bond motifs is 10. The fourth-order valence-corrected chi connectivity index (χ4v) is 8.41. The van der Waals surface area contributed by atoms with E-state index >= 15 is 0 Å². The second-order valence-corrected chi connectivity index (χ2v) is 13.5. The summed E-state index contributed by atoms with van der Waals surface area (Å²) in [5, 5.41) is 4.91. The van der Waals surface area contributed by atoms with Gasteiger partial charge < -0.3 is 9.13 Å². The monoisotopic (exact) mass is 666 g/mol. The molecule has 0 aliphatic heterocycles. The van der Waals surface area contributed by atoms with Gasteiger partial charge in [-0.2, -0.15) is 0 Å². The van der Waals surface area contributed by atoms with Gasteiger partial charge in [0.05, 0.1) is 57.2 Å². The molecule has 0 spiro atoms. The van der Waals surface area contributed by atoms with Gasteiger partial charge in [0, 0.05) is 57.5 Å². The second-order valence-electron chi connectivity index (χ2n) is 13.5. The summed E-state index contributed by atoms with van der Waals surface area (Å²) in [6, 6.07) is 43.4. The molecular formula is C46H30N6. The van der Waals surface area contributed by atoms with Crippen LogP contribution in [0.1, 0.15) is 11.1 Å². The van der Waals surface area contributed by atoms with Gasteiger partial charge in [0.1, 0.15) is 0 Å². The zero-order valence-electron chi connectivity index (χ0n) is 28.1. The molecule has 0 saturated carbocycles. The molecule has 0 fully saturated rings. The minimum atomic E-state index is 0.940. The molecule has 0 N–H and O–H groups in total. The summed E-state index contributed by atoms with van der Waals surface area (Å²) in [6.07, 6.45) is 13.2. The number of aryl methyl sites for hydroxylation is 2. The van der Waals surface area contributed by atoms with E-state index in [0.717, 1.165) is 57.8 Å². The molecular weight excluding hydrogens is 637 g/mol. The average Bonchev–Trinajstić information content (AvgIpc) is 3.73. The van der Waals surface area contributed by atoms with Crippen LogP contribution in [-0.4, -0.2) is 29.1 Å². The molecule has 0 amide bonds. The summed E-state index contributed by atoms with van der Waals surface area (Å²) in [5.41, 5.74) is 16.3. The van der Waals surface area contributed by atoms with Crippen molar-refractivity contribution in [2.45, 2.75) is 12.8 Å². The Balaban J connectivity index is 1.18. The molecule has 0 bridgehead atoms. The number of nitrogens with zero attached hydrogens (tertiary/aromatic N) is 6. The van der Waals surface area contributed by atoms with E-state index in [9.17, 15) is 0 Å². The van der Waals surface area contributed by atoms with Gasteiger partial charge in [0.25, 0.3) is 0 Å². The lowest BCUT2D eigenvalue weighted by Crippen LogP contribution is -2.07. The van der Waals surface area contributed by atoms with Crippen molar-refractivity contribution in [1.82, 2.24) is 29.1 Å². The molecule has 244 valence electrons. The third kappa shape index (κ3) is 4.31. The number of rotatable bonds is 4. The average molecular weight is 667 g/mol. The first-order valence-corrected chi connectivity index (χ1v) is 17.7. The maximum Gasteiger partial charge on any atom is 0.0702 e. The third-order valence-electron chi connectivity index (χ3n) is 10.7. The molecule has 4 aromatic carbocycles. The normalized spacial score (nSPS) is 12.5. The van der Waals surface area contributed by atoms with E-state index in [1.807, 2.05) is 73.6 Å². The van der Waals surface area contributed by atoms with E-state index in [0.29, 0.717) is 0 Å². The van der Waals surface area contributed by atoms with Crippen LogP contribution in [0.25, 0.3) is 88.6 Å². The predicted octanol–water partition coefficient (Wildman–Crippen LogP) is 10.6. The third-order valence-corrected chi connectivity index (χ3v) is 10.7. The van der Waals surface area contributed by atoms with Crippen molar-refractivity contribution < 1.29 is 0 Å².